The van der Waals surface area contributed by atoms with Gasteiger partial charge in [0.2, 0.25) is 5.91 Å². The average molecular weight is 312 g/mol. The summed E-state index contributed by atoms with van der Waals surface area (Å²) in [4.78, 5) is 22.1. The molecular weight excluding hydrogens is 292 g/mol. The molecule has 0 aliphatic heterocycles. The van der Waals surface area contributed by atoms with Gasteiger partial charge in [-0.3, -0.25) is 15.6 Å². The molecule has 0 bridgehead atoms. The molecule has 1 aromatic heterocycles. The van der Waals surface area contributed by atoms with E-state index < -0.39 is 6.03 Å². The molecule has 12 heteroatoms. The van der Waals surface area contributed by atoms with E-state index in [1.165, 1.54) is 6.92 Å². The maximum Gasteiger partial charge on any atom is 0.333 e. The molecule has 122 valence electrons. The molecule has 12 nitrogen and oxygen atoms in total. The van der Waals surface area contributed by atoms with E-state index in [1.807, 2.05) is 0 Å². The van der Waals surface area contributed by atoms with Crippen molar-refractivity contribution in [1.29, 1.82) is 0 Å². The summed E-state index contributed by atoms with van der Waals surface area (Å²) in [6, 6.07) is -0.430. The smallest absolute Gasteiger partial charge is 0.333 e. The maximum atomic E-state index is 11.5. The standard InChI is InChI=1S/C10H20N10O2/c1-7(21)12-5-3-4-6-13-10(22)20-19-9-17-15-8(14-11-2)16-18-9/h11H,3-6H2,1-2H3,(H,12,21)(H2,13,20,22)(H,14,15,16)(H,17,18,19). The van der Waals surface area contributed by atoms with E-state index in [0.29, 0.717) is 13.1 Å². The molecular formula is C10H20N10O2. The van der Waals surface area contributed by atoms with Crippen LogP contribution in [0.15, 0.2) is 0 Å². The lowest BCUT2D eigenvalue weighted by Gasteiger charge is -2.08. The number of hydrogen-bond donors (Lipinski definition) is 6. The fourth-order valence-electron chi connectivity index (χ4n) is 1.31. The van der Waals surface area contributed by atoms with Crippen LogP contribution >= 0.6 is 0 Å². The van der Waals surface area contributed by atoms with Gasteiger partial charge in [0.15, 0.2) is 0 Å². The lowest BCUT2D eigenvalue weighted by Crippen LogP contribution is -2.40. The molecule has 0 radical (unpaired) electrons. The summed E-state index contributed by atoms with van der Waals surface area (Å²) < 4.78 is 0. The van der Waals surface area contributed by atoms with Gasteiger partial charge >= 0.3 is 6.03 Å². The molecule has 0 saturated carbocycles. The molecule has 6 N–H and O–H groups in total. The molecule has 0 saturated heterocycles. The van der Waals surface area contributed by atoms with Crippen LogP contribution in [0.3, 0.4) is 0 Å². The Morgan fingerprint density at radius 1 is 0.909 bits per heavy atom. The first-order valence-corrected chi connectivity index (χ1v) is 6.66. The van der Waals surface area contributed by atoms with E-state index in [1.54, 1.807) is 7.05 Å². The largest absolute Gasteiger partial charge is 0.356 e. The van der Waals surface area contributed by atoms with Gasteiger partial charge in [0.05, 0.1) is 0 Å². The molecule has 1 rings (SSSR count). The Morgan fingerprint density at radius 2 is 1.45 bits per heavy atom. The highest BCUT2D eigenvalue weighted by Gasteiger charge is 2.02. The van der Waals surface area contributed by atoms with E-state index in [-0.39, 0.29) is 17.8 Å². The minimum atomic E-state index is -0.430. The third-order valence-electron chi connectivity index (χ3n) is 2.27. The van der Waals surface area contributed by atoms with Crippen molar-refractivity contribution in [2.24, 2.45) is 0 Å². The van der Waals surface area contributed by atoms with Gasteiger partial charge in [-0.2, -0.15) is 0 Å². The first-order valence-electron chi connectivity index (χ1n) is 6.66. The number of rotatable bonds is 9. The Bertz CT molecular complexity index is 465. The summed E-state index contributed by atoms with van der Waals surface area (Å²) in [5.74, 6) is 0.201. The number of nitrogens with one attached hydrogen (secondary N) is 6. The molecule has 3 amide bonds. The number of carbonyl (C=O) groups excluding carboxylic acids is 2. The van der Waals surface area contributed by atoms with Gasteiger partial charge in [-0.15, -0.1) is 20.4 Å². The fraction of sp³-hybridized carbons (Fsp3) is 0.600. The Kier molecular flexibility index (Phi) is 7.89. The summed E-state index contributed by atoms with van der Waals surface area (Å²) in [5, 5.41) is 20.1. The third kappa shape index (κ3) is 7.74. The molecule has 0 aliphatic carbocycles. The van der Waals surface area contributed by atoms with Crippen LogP contribution in [0.25, 0.3) is 0 Å². The van der Waals surface area contributed by atoms with Crippen molar-refractivity contribution in [3.63, 3.8) is 0 Å². The zero-order valence-corrected chi connectivity index (χ0v) is 12.4. The normalized spacial score (nSPS) is 9.73. The summed E-state index contributed by atoms with van der Waals surface area (Å²) in [6.07, 6.45) is 1.53. The van der Waals surface area contributed by atoms with Gasteiger partial charge in [-0.25, -0.2) is 15.6 Å². The van der Waals surface area contributed by atoms with Crippen LogP contribution in [0, 0.1) is 0 Å². The predicted molar refractivity (Wildman–Crippen MR) is 78.4 cm³/mol. The van der Waals surface area contributed by atoms with Crippen LogP contribution in [0.5, 0.6) is 0 Å². The summed E-state index contributed by atoms with van der Waals surface area (Å²) in [6.45, 7) is 2.54. The molecule has 0 atom stereocenters. The van der Waals surface area contributed by atoms with Gasteiger partial charge in [0.1, 0.15) is 0 Å². The summed E-state index contributed by atoms with van der Waals surface area (Å²) >= 11 is 0. The van der Waals surface area contributed by atoms with E-state index >= 15 is 0 Å². The van der Waals surface area contributed by atoms with E-state index in [9.17, 15) is 9.59 Å². The van der Waals surface area contributed by atoms with E-state index in [2.05, 4.69) is 52.7 Å². The second-order valence-corrected chi connectivity index (χ2v) is 4.12. The Labute approximate surface area is 127 Å². The van der Waals surface area contributed by atoms with Crippen molar-refractivity contribution in [2.75, 3.05) is 31.0 Å². The van der Waals surface area contributed by atoms with Crippen molar-refractivity contribution < 1.29 is 9.59 Å². The van der Waals surface area contributed by atoms with Crippen LogP contribution in [-0.2, 0) is 4.79 Å². The molecule has 0 aliphatic rings. The number of unbranched alkanes of at least 4 members (excludes halogenated alkanes) is 1. The number of amides is 3. The van der Waals surface area contributed by atoms with Crippen LogP contribution in [0.1, 0.15) is 19.8 Å². The van der Waals surface area contributed by atoms with Crippen molar-refractivity contribution in [3.05, 3.63) is 0 Å². The Balaban J connectivity index is 2.11. The number of urea groups is 1. The first-order chi connectivity index (χ1) is 10.6. The zero-order chi connectivity index (χ0) is 16.2. The fourth-order valence-corrected chi connectivity index (χ4v) is 1.31. The Morgan fingerprint density at radius 3 is 2.00 bits per heavy atom. The highest BCUT2D eigenvalue weighted by Crippen LogP contribution is 1.93. The number of aromatic nitrogens is 4. The molecule has 0 unspecified atom stereocenters. The van der Waals surface area contributed by atoms with Crippen molar-refractivity contribution >= 4 is 23.8 Å². The molecule has 0 spiro atoms. The SMILES string of the molecule is CNNc1nnc(NNC(=O)NCCCCNC(C)=O)nn1. The van der Waals surface area contributed by atoms with Gasteiger partial charge < -0.3 is 10.6 Å². The van der Waals surface area contributed by atoms with Gasteiger partial charge in [-0.1, -0.05) is 0 Å². The van der Waals surface area contributed by atoms with Crippen LogP contribution < -0.4 is 32.3 Å². The first kappa shape index (κ1) is 17.3. The maximum absolute atomic E-state index is 11.5. The van der Waals surface area contributed by atoms with Crippen molar-refractivity contribution in [2.45, 2.75) is 19.8 Å². The second kappa shape index (κ2) is 10.0. The van der Waals surface area contributed by atoms with Crippen LogP contribution in [0.2, 0.25) is 0 Å². The van der Waals surface area contributed by atoms with Crippen LogP contribution in [0.4, 0.5) is 16.7 Å². The molecule has 0 fully saturated rings. The summed E-state index contributed by atoms with van der Waals surface area (Å²) in [5.41, 5.74) is 10.0. The van der Waals surface area contributed by atoms with Gasteiger partial charge in [-0.05, 0) is 12.8 Å². The van der Waals surface area contributed by atoms with Gasteiger partial charge in [0, 0.05) is 27.1 Å². The summed E-state index contributed by atoms with van der Waals surface area (Å²) in [7, 11) is 1.65. The second-order valence-electron chi connectivity index (χ2n) is 4.12. The number of carbonyl (C=O) groups is 2. The van der Waals surface area contributed by atoms with Crippen molar-refractivity contribution in [1.82, 2.24) is 41.9 Å². The molecule has 1 heterocycles. The third-order valence-corrected chi connectivity index (χ3v) is 2.27. The highest BCUT2D eigenvalue weighted by atomic mass is 16.2. The minimum Gasteiger partial charge on any atom is -0.356 e. The van der Waals surface area contributed by atoms with Crippen LogP contribution in [-0.4, -0.2) is 52.5 Å². The number of nitrogens with zero attached hydrogens (tertiary/aromatic N) is 4. The molecule has 22 heavy (non-hydrogen) atoms. The quantitative estimate of drug-likeness (QED) is 0.232. The number of hydrazine groups is 2. The van der Waals surface area contributed by atoms with Crippen molar-refractivity contribution in [3.8, 4) is 0 Å². The van der Waals surface area contributed by atoms with E-state index in [4.69, 9.17) is 0 Å². The zero-order valence-electron chi connectivity index (χ0n) is 12.4. The topological polar surface area (TPSA) is 158 Å². The minimum absolute atomic E-state index is 0.0578. The molecule has 1 aromatic rings. The van der Waals surface area contributed by atoms with E-state index in [0.717, 1.165) is 12.8 Å². The number of hydrogen-bond acceptors (Lipinski definition) is 9. The molecule has 0 aromatic carbocycles. The lowest BCUT2D eigenvalue weighted by molar-refractivity contribution is -0.118. The Hall–Kier alpha value is -2.76. The predicted octanol–water partition coefficient (Wildman–Crippen LogP) is -1.64. The van der Waals surface area contributed by atoms with Gasteiger partial charge in [0.25, 0.3) is 11.9 Å². The monoisotopic (exact) mass is 312 g/mol. The highest BCUT2D eigenvalue weighted by molar-refractivity contribution is 5.74. The average Bonchev–Trinajstić information content (AvgIpc) is 2.50. The number of anilines is 2. The lowest BCUT2D eigenvalue weighted by atomic mass is 10.3.